The molecule has 1 aliphatic rings. The summed E-state index contributed by atoms with van der Waals surface area (Å²) in [5, 5.41) is 8.80. The second-order valence-corrected chi connectivity index (χ2v) is 7.83. The predicted octanol–water partition coefficient (Wildman–Crippen LogP) is 4.05. The average molecular weight is 495 g/mol. The van der Waals surface area contributed by atoms with Crippen molar-refractivity contribution in [3.05, 3.63) is 58.9 Å². The van der Waals surface area contributed by atoms with Crippen molar-refractivity contribution in [2.24, 2.45) is 0 Å². The first kappa shape index (κ1) is 25.1. The van der Waals surface area contributed by atoms with E-state index in [1.54, 1.807) is 0 Å². The van der Waals surface area contributed by atoms with Crippen molar-refractivity contribution < 1.29 is 36.6 Å². The lowest BCUT2D eigenvalue weighted by Crippen LogP contribution is -2.51. The van der Waals surface area contributed by atoms with E-state index >= 15 is 0 Å². The molecular weight excluding hydrogens is 478 g/mol. The summed E-state index contributed by atoms with van der Waals surface area (Å²) in [6.07, 6.45) is -4.85. The van der Waals surface area contributed by atoms with Crippen LogP contribution in [0, 0.1) is 17.1 Å². The molecule has 2 aromatic carbocycles. The second kappa shape index (κ2) is 9.00. The maximum Gasteiger partial charge on any atom is 0.417 e. The molecule has 0 aliphatic carbocycles. The lowest BCUT2D eigenvalue weighted by molar-refractivity contribution is -0.137. The van der Waals surface area contributed by atoms with Crippen molar-refractivity contribution in [1.29, 1.82) is 5.26 Å². The Balaban J connectivity index is 2.16. The minimum absolute atomic E-state index is 0.0650. The summed E-state index contributed by atoms with van der Waals surface area (Å²) in [6, 6.07) is 7.66. The summed E-state index contributed by atoms with van der Waals surface area (Å²) >= 11 is 5.43. The number of esters is 1. The third kappa shape index (κ3) is 4.08. The molecule has 12 heteroatoms. The van der Waals surface area contributed by atoms with Crippen molar-refractivity contribution in [3.8, 4) is 6.07 Å². The Kier molecular flexibility index (Phi) is 6.64. The Morgan fingerprint density at radius 1 is 1.18 bits per heavy atom. The number of hydrogen-bond donors (Lipinski definition) is 0. The molecule has 7 nitrogen and oxygen atoms in total. The van der Waals surface area contributed by atoms with E-state index in [9.17, 15) is 27.2 Å². The molecule has 1 aliphatic heterocycles. The van der Waals surface area contributed by atoms with Gasteiger partial charge < -0.3 is 14.4 Å². The Morgan fingerprint density at radius 2 is 1.82 bits per heavy atom. The van der Waals surface area contributed by atoms with Gasteiger partial charge in [0.2, 0.25) is 0 Å². The SMILES string of the molecule is COC[C@]1(C)C(=O)N(c2ccc(C#N)c(C(F)(F)F)c2)C(=S)N1c1ccc(C(=O)OC)c(F)c1. The second-order valence-electron chi connectivity index (χ2n) is 7.46. The molecule has 0 N–H and O–H groups in total. The zero-order valence-corrected chi connectivity index (χ0v) is 18.9. The van der Waals surface area contributed by atoms with E-state index in [-0.39, 0.29) is 28.7 Å². The van der Waals surface area contributed by atoms with Crippen LogP contribution in [0.15, 0.2) is 36.4 Å². The number of thiocarbonyl (C=S) groups is 1. The normalized spacial score (nSPS) is 18.3. The monoisotopic (exact) mass is 495 g/mol. The first-order valence-corrected chi connectivity index (χ1v) is 9.98. The van der Waals surface area contributed by atoms with Crippen molar-refractivity contribution >= 4 is 40.6 Å². The van der Waals surface area contributed by atoms with E-state index in [0.717, 1.165) is 36.3 Å². The Bertz CT molecular complexity index is 1230. The van der Waals surface area contributed by atoms with Crippen LogP contribution in [0.5, 0.6) is 0 Å². The highest BCUT2D eigenvalue weighted by Crippen LogP contribution is 2.40. The van der Waals surface area contributed by atoms with Gasteiger partial charge in [0.25, 0.3) is 5.91 Å². The molecule has 1 amide bonds. The van der Waals surface area contributed by atoms with E-state index in [2.05, 4.69) is 4.74 Å². The molecule has 34 heavy (non-hydrogen) atoms. The number of alkyl halides is 3. The predicted molar refractivity (Wildman–Crippen MR) is 117 cm³/mol. The lowest BCUT2D eigenvalue weighted by Gasteiger charge is -2.32. The maximum absolute atomic E-state index is 14.6. The number of carbonyl (C=O) groups excluding carboxylic acids is 2. The molecule has 0 unspecified atom stereocenters. The largest absolute Gasteiger partial charge is 0.465 e. The van der Waals surface area contributed by atoms with Crippen LogP contribution in [0.2, 0.25) is 0 Å². The van der Waals surface area contributed by atoms with Crippen LogP contribution in [-0.2, 0) is 20.4 Å². The number of benzene rings is 2. The molecular formula is C22H17F4N3O4S. The smallest absolute Gasteiger partial charge is 0.417 e. The van der Waals surface area contributed by atoms with E-state index in [1.807, 2.05) is 0 Å². The number of rotatable bonds is 5. The van der Waals surface area contributed by atoms with Gasteiger partial charge in [0.15, 0.2) is 5.11 Å². The number of ether oxygens (including phenoxy) is 2. The Morgan fingerprint density at radius 3 is 2.35 bits per heavy atom. The van der Waals surface area contributed by atoms with Gasteiger partial charge in [-0.2, -0.15) is 18.4 Å². The Hall–Kier alpha value is -3.56. The van der Waals surface area contributed by atoms with Crippen LogP contribution in [0.3, 0.4) is 0 Å². The molecule has 0 spiro atoms. The molecule has 1 fully saturated rings. The summed E-state index contributed by atoms with van der Waals surface area (Å²) in [7, 11) is 2.40. The van der Waals surface area contributed by atoms with Crippen LogP contribution in [0.4, 0.5) is 28.9 Å². The highest BCUT2D eigenvalue weighted by atomic mass is 32.1. The fourth-order valence-electron chi connectivity index (χ4n) is 3.69. The number of amides is 1. The highest BCUT2D eigenvalue weighted by Gasteiger charge is 2.54. The number of halogens is 4. The van der Waals surface area contributed by atoms with Crippen molar-refractivity contribution in [1.82, 2.24) is 0 Å². The van der Waals surface area contributed by atoms with Crippen molar-refractivity contribution in [2.45, 2.75) is 18.6 Å². The van der Waals surface area contributed by atoms with Crippen LogP contribution in [0.25, 0.3) is 0 Å². The van der Waals surface area contributed by atoms with Gasteiger partial charge >= 0.3 is 12.1 Å². The molecule has 178 valence electrons. The molecule has 0 bridgehead atoms. The van der Waals surface area contributed by atoms with Gasteiger partial charge in [0, 0.05) is 12.8 Å². The number of hydrogen-bond acceptors (Lipinski definition) is 6. The van der Waals surface area contributed by atoms with E-state index in [1.165, 1.54) is 31.1 Å². The molecule has 0 saturated carbocycles. The lowest BCUT2D eigenvalue weighted by atomic mass is 10.00. The summed E-state index contributed by atoms with van der Waals surface area (Å²) in [4.78, 5) is 27.3. The van der Waals surface area contributed by atoms with Crippen LogP contribution < -0.4 is 9.80 Å². The quantitative estimate of drug-likeness (QED) is 0.352. The molecule has 0 aromatic heterocycles. The number of carbonyl (C=O) groups is 2. The minimum Gasteiger partial charge on any atom is -0.465 e. The summed E-state index contributed by atoms with van der Waals surface area (Å²) in [5.74, 6) is -2.59. The fraction of sp³-hybridized carbons (Fsp3) is 0.273. The standard InChI is InChI=1S/C22H17F4N3O4S/c1-21(11-32-2)19(31)28(13-5-4-12(10-27)16(8-13)22(24,25)26)20(34)29(21)14-6-7-15(17(23)9-14)18(30)33-3/h4-9H,11H2,1-3H3/t21-/m1/s1. The summed E-state index contributed by atoms with van der Waals surface area (Å²) in [5.41, 5.74) is -3.92. The zero-order chi connectivity index (χ0) is 25.4. The topological polar surface area (TPSA) is 82.9 Å². The average Bonchev–Trinajstić information content (AvgIpc) is 2.97. The number of anilines is 2. The number of methoxy groups -OCH3 is 2. The molecule has 0 radical (unpaired) electrons. The van der Waals surface area contributed by atoms with Gasteiger partial charge in [-0.25, -0.2) is 9.18 Å². The van der Waals surface area contributed by atoms with Gasteiger partial charge in [-0.15, -0.1) is 0 Å². The summed E-state index contributed by atoms with van der Waals surface area (Å²) in [6.45, 7) is 1.19. The van der Waals surface area contributed by atoms with E-state index in [0.29, 0.717) is 6.07 Å². The van der Waals surface area contributed by atoms with Gasteiger partial charge in [-0.1, -0.05) is 0 Å². The molecule has 1 saturated heterocycles. The first-order chi connectivity index (χ1) is 15.9. The first-order valence-electron chi connectivity index (χ1n) is 9.57. The zero-order valence-electron chi connectivity index (χ0n) is 18.1. The van der Waals surface area contributed by atoms with E-state index in [4.69, 9.17) is 22.2 Å². The van der Waals surface area contributed by atoms with Crippen LogP contribution >= 0.6 is 12.2 Å². The van der Waals surface area contributed by atoms with Gasteiger partial charge in [-0.3, -0.25) is 9.69 Å². The van der Waals surface area contributed by atoms with Gasteiger partial charge in [0.05, 0.1) is 42.2 Å². The van der Waals surface area contributed by atoms with Crippen molar-refractivity contribution in [2.75, 3.05) is 30.6 Å². The van der Waals surface area contributed by atoms with Gasteiger partial charge in [0.1, 0.15) is 11.4 Å². The number of nitriles is 1. The maximum atomic E-state index is 14.6. The Labute approximate surface area is 197 Å². The fourth-order valence-corrected chi connectivity index (χ4v) is 4.18. The molecule has 3 rings (SSSR count). The molecule has 2 aromatic rings. The van der Waals surface area contributed by atoms with Crippen molar-refractivity contribution in [3.63, 3.8) is 0 Å². The number of nitrogens with zero attached hydrogens (tertiary/aromatic N) is 3. The third-order valence-corrected chi connectivity index (χ3v) is 5.63. The molecule has 1 atom stereocenters. The van der Waals surface area contributed by atoms with E-state index < -0.39 is 40.5 Å². The van der Waals surface area contributed by atoms with Gasteiger partial charge in [-0.05, 0) is 55.5 Å². The summed E-state index contributed by atoms with van der Waals surface area (Å²) < 4.78 is 64.8. The third-order valence-electron chi connectivity index (χ3n) is 5.27. The minimum atomic E-state index is -4.85. The molecule has 1 heterocycles. The van der Waals surface area contributed by atoms with Crippen LogP contribution in [-0.4, -0.2) is 43.4 Å². The van der Waals surface area contributed by atoms with Crippen LogP contribution in [0.1, 0.15) is 28.4 Å². The highest BCUT2D eigenvalue weighted by molar-refractivity contribution is 7.81.